The van der Waals surface area contributed by atoms with Crippen LogP contribution < -0.4 is 15.5 Å². The molecule has 0 saturated carbocycles. The number of benzene rings is 1. The first-order chi connectivity index (χ1) is 9.83. The number of rotatable bonds is 2. The highest BCUT2D eigenvalue weighted by molar-refractivity contribution is 5.77. The molecule has 3 heterocycles. The van der Waals surface area contributed by atoms with Crippen LogP contribution in [-0.2, 0) is 0 Å². The number of phenolic OH excluding ortho intramolecular Hbond substituents is 1. The molecule has 0 amide bonds. The Hall–Kier alpha value is -2.34. The van der Waals surface area contributed by atoms with E-state index in [2.05, 4.69) is 25.7 Å². The standard InChI is InChI=1S/C14H15N5O/c20-13-4-2-1-3-10(13)11-5-12-14(18-17-11)16-8-19(12)9-6-15-7-9/h1-5,9,15,20H,6-8H2,(H,16,18). The molecule has 4 rings (SSSR count). The Morgan fingerprint density at radius 3 is 2.80 bits per heavy atom. The van der Waals surface area contributed by atoms with Gasteiger partial charge in [-0.1, -0.05) is 12.1 Å². The Morgan fingerprint density at radius 2 is 2.05 bits per heavy atom. The predicted octanol–water partition coefficient (Wildman–Crippen LogP) is 1.01. The molecule has 0 atom stereocenters. The summed E-state index contributed by atoms with van der Waals surface area (Å²) in [5.41, 5.74) is 2.47. The van der Waals surface area contributed by atoms with Gasteiger partial charge in [0.15, 0.2) is 5.82 Å². The van der Waals surface area contributed by atoms with Crippen molar-refractivity contribution in [3.05, 3.63) is 30.3 Å². The fourth-order valence-corrected chi connectivity index (χ4v) is 2.61. The van der Waals surface area contributed by atoms with Crippen molar-refractivity contribution in [2.75, 3.05) is 30.0 Å². The number of phenols is 1. The van der Waals surface area contributed by atoms with Crippen molar-refractivity contribution in [1.82, 2.24) is 15.5 Å². The number of hydrogen-bond acceptors (Lipinski definition) is 6. The highest BCUT2D eigenvalue weighted by Gasteiger charge is 2.31. The minimum atomic E-state index is 0.226. The Kier molecular flexibility index (Phi) is 2.50. The van der Waals surface area contributed by atoms with Gasteiger partial charge in [-0.3, -0.25) is 0 Å². The van der Waals surface area contributed by atoms with E-state index in [1.807, 2.05) is 18.2 Å². The van der Waals surface area contributed by atoms with Crippen molar-refractivity contribution in [2.45, 2.75) is 6.04 Å². The molecule has 0 unspecified atom stereocenters. The van der Waals surface area contributed by atoms with E-state index in [1.165, 1.54) is 0 Å². The Bertz CT molecular complexity index is 656. The van der Waals surface area contributed by atoms with Gasteiger partial charge in [0.2, 0.25) is 0 Å². The van der Waals surface area contributed by atoms with Crippen LogP contribution in [0.3, 0.4) is 0 Å². The SMILES string of the molecule is Oc1ccccc1-c1cc2c(nn1)NCN2C1CNC1. The zero-order chi connectivity index (χ0) is 13.5. The van der Waals surface area contributed by atoms with Crippen molar-refractivity contribution in [2.24, 2.45) is 0 Å². The maximum absolute atomic E-state index is 9.94. The Balaban J connectivity index is 1.75. The number of para-hydroxylation sites is 1. The van der Waals surface area contributed by atoms with Crippen molar-refractivity contribution < 1.29 is 5.11 Å². The van der Waals surface area contributed by atoms with Crippen LogP contribution in [0.1, 0.15) is 0 Å². The number of nitrogens with zero attached hydrogens (tertiary/aromatic N) is 3. The third kappa shape index (κ3) is 1.69. The zero-order valence-corrected chi connectivity index (χ0v) is 10.9. The van der Waals surface area contributed by atoms with Gasteiger partial charge in [-0.25, -0.2) is 0 Å². The topological polar surface area (TPSA) is 73.3 Å². The highest BCUT2D eigenvalue weighted by Crippen LogP contribution is 2.35. The van der Waals surface area contributed by atoms with E-state index < -0.39 is 0 Å². The summed E-state index contributed by atoms with van der Waals surface area (Å²) in [5.74, 6) is 1.04. The maximum atomic E-state index is 9.94. The minimum absolute atomic E-state index is 0.226. The van der Waals surface area contributed by atoms with E-state index in [4.69, 9.17) is 0 Å². The first-order valence-electron chi connectivity index (χ1n) is 6.70. The van der Waals surface area contributed by atoms with E-state index in [0.29, 0.717) is 17.3 Å². The minimum Gasteiger partial charge on any atom is -0.507 e. The molecule has 1 aromatic carbocycles. The Labute approximate surface area is 116 Å². The van der Waals surface area contributed by atoms with E-state index in [9.17, 15) is 5.11 Å². The monoisotopic (exact) mass is 269 g/mol. The molecule has 0 spiro atoms. The fourth-order valence-electron chi connectivity index (χ4n) is 2.61. The number of anilines is 2. The second kappa shape index (κ2) is 4.35. The lowest BCUT2D eigenvalue weighted by Crippen LogP contribution is -2.57. The summed E-state index contributed by atoms with van der Waals surface area (Å²) in [4.78, 5) is 2.30. The molecule has 1 saturated heterocycles. The van der Waals surface area contributed by atoms with Crippen LogP contribution in [0, 0.1) is 0 Å². The fraction of sp³-hybridized carbons (Fsp3) is 0.286. The third-order valence-electron chi connectivity index (χ3n) is 3.88. The highest BCUT2D eigenvalue weighted by atomic mass is 16.3. The molecule has 2 aliphatic heterocycles. The molecule has 0 radical (unpaired) electrons. The summed E-state index contributed by atoms with van der Waals surface area (Å²) in [7, 11) is 0. The predicted molar refractivity (Wildman–Crippen MR) is 76.8 cm³/mol. The van der Waals surface area contributed by atoms with Crippen molar-refractivity contribution in [3.63, 3.8) is 0 Å². The molecule has 0 bridgehead atoms. The van der Waals surface area contributed by atoms with Gasteiger partial charge in [-0.05, 0) is 18.2 Å². The molecule has 2 aliphatic rings. The van der Waals surface area contributed by atoms with Crippen molar-refractivity contribution in [3.8, 4) is 17.0 Å². The van der Waals surface area contributed by atoms with Gasteiger partial charge in [-0.2, -0.15) is 0 Å². The van der Waals surface area contributed by atoms with E-state index in [1.54, 1.807) is 12.1 Å². The second-order valence-corrected chi connectivity index (χ2v) is 5.10. The lowest BCUT2D eigenvalue weighted by molar-refractivity contribution is 0.422. The largest absolute Gasteiger partial charge is 0.507 e. The van der Waals surface area contributed by atoms with Gasteiger partial charge in [0, 0.05) is 18.7 Å². The maximum Gasteiger partial charge on any atom is 0.173 e. The van der Waals surface area contributed by atoms with Crippen LogP contribution in [-0.4, -0.2) is 41.1 Å². The van der Waals surface area contributed by atoms with Crippen LogP contribution in [0.15, 0.2) is 30.3 Å². The average Bonchev–Trinajstić information content (AvgIpc) is 2.81. The van der Waals surface area contributed by atoms with Crippen LogP contribution >= 0.6 is 0 Å². The Morgan fingerprint density at radius 1 is 1.20 bits per heavy atom. The summed E-state index contributed by atoms with van der Waals surface area (Å²) in [6.45, 7) is 2.76. The quantitative estimate of drug-likeness (QED) is 0.755. The van der Waals surface area contributed by atoms with E-state index in [0.717, 1.165) is 31.3 Å². The van der Waals surface area contributed by atoms with Gasteiger partial charge in [0.1, 0.15) is 5.75 Å². The van der Waals surface area contributed by atoms with Gasteiger partial charge >= 0.3 is 0 Å². The summed E-state index contributed by atoms with van der Waals surface area (Å²) in [6.07, 6.45) is 0. The number of fused-ring (bicyclic) bond motifs is 1. The summed E-state index contributed by atoms with van der Waals surface area (Å²) in [5, 5.41) is 24.9. The van der Waals surface area contributed by atoms with Crippen LogP contribution in [0.4, 0.5) is 11.5 Å². The van der Waals surface area contributed by atoms with Gasteiger partial charge < -0.3 is 20.6 Å². The summed E-state index contributed by atoms with van der Waals surface area (Å²) >= 11 is 0. The molecule has 6 nitrogen and oxygen atoms in total. The molecule has 1 aromatic heterocycles. The molecular formula is C14H15N5O. The van der Waals surface area contributed by atoms with Gasteiger partial charge in [0.25, 0.3) is 0 Å². The summed E-state index contributed by atoms with van der Waals surface area (Å²) < 4.78 is 0. The molecule has 102 valence electrons. The molecule has 0 aliphatic carbocycles. The molecule has 1 fully saturated rings. The molecule has 3 N–H and O–H groups in total. The van der Waals surface area contributed by atoms with Crippen LogP contribution in [0.5, 0.6) is 5.75 Å². The van der Waals surface area contributed by atoms with Gasteiger partial charge in [-0.15, -0.1) is 10.2 Å². The van der Waals surface area contributed by atoms with E-state index >= 15 is 0 Å². The van der Waals surface area contributed by atoms with Crippen molar-refractivity contribution in [1.29, 1.82) is 0 Å². The second-order valence-electron chi connectivity index (χ2n) is 5.10. The number of aromatic hydroxyl groups is 1. The lowest BCUT2D eigenvalue weighted by atomic mass is 10.1. The molecular weight excluding hydrogens is 254 g/mol. The lowest BCUT2D eigenvalue weighted by Gasteiger charge is -2.36. The first-order valence-corrected chi connectivity index (χ1v) is 6.70. The van der Waals surface area contributed by atoms with Crippen LogP contribution in [0.25, 0.3) is 11.3 Å². The smallest absolute Gasteiger partial charge is 0.173 e. The number of hydrogen-bond donors (Lipinski definition) is 3. The number of nitrogens with one attached hydrogen (secondary N) is 2. The first kappa shape index (κ1) is 11.5. The van der Waals surface area contributed by atoms with Gasteiger partial charge in [0.05, 0.1) is 24.1 Å². The molecule has 2 aromatic rings. The average molecular weight is 269 g/mol. The number of aromatic nitrogens is 2. The molecule has 20 heavy (non-hydrogen) atoms. The normalized spacial score (nSPS) is 17.5. The van der Waals surface area contributed by atoms with E-state index in [-0.39, 0.29) is 5.75 Å². The summed E-state index contributed by atoms with van der Waals surface area (Å²) in [6, 6.07) is 9.70. The third-order valence-corrected chi connectivity index (χ3v) is 3.88. The molecule has 6 heteroatoms. The van der Waals surface area contributed by atoms with Crippen LogP contribution in [0.2, 0.25) is 0 Å². The van der Waals surface area contributed by atoms with Crippen molar-refractivity contribution >= 4 is 11.5 Å². The zero-order valence-electron chi connectivity index (χ0n) is 10.9.